The molecule has 0 fully saturated rings. The van der Waals surface area contributed by atoms with Gasteiger partial charge in [-0.2, -0.15) is 0 Å². The monoisotopic (exact) mass is 728 g/mol. The summed E-state index contributed by atoms with van der Waals surface area (Å²) in [7, 11) is 0. The normalized spacial score (nSPS) is 25.8. The quantitative estimate of drug-likeness (QED) is 0.201. The fourth-order valence-electron chi connectivity index (χ4n) is 5.11. The van der Waals surface area contributed by atoms with Crippen LogP contribution in [0.4, 0.5) is 0 Å². The number of esters is 2. The summed E-state index contributed by atoms with van der Waals surface area (Å²) in [6.45, 7) is 10.9. The Kier molecular flexibility index (Phi) is 16.6. The van der Waals surface area contributed by atoms with E-state index in [2.05, 4.69) is 9.97 Å². The van der Waals surface area contributed by atoms with E-state index in [1.54, 1.807) is 111 Å². The van der Waals surface area contributed by atoms with E-state index in [9.17, 15) is 24.9 Å². The summed E-state index contributed by atoms with van der Waals surface area (Å²) in [6.07, 6.45) is 30.0. The number of aliphatic hydroxyl groups is 3. The van der Waals surface area contributed by atoms with Crippen molar-refractivity contribution in [2.45, 2.75) is 91.3 Å². The van der Waals surface area contributed by atoms with Crippen LogP contribution < -0.4 is 0 Å². The van der Waals surface area contributed by atoms with Crippen LogP contribution in [0.5, 0.6) is 0 Å². The molecule has 0 aliphatic carbocycles. The Hall–Kier alpha value is -5.10. The molecule has 0 spiro atoms. The number of cyclic esters (lactones) is 2. The van der Waals surface area contributed by atoms with Gasteiger partial charge in [0, 0.05) is 29.7 Å². The van der Waals surface area contributed by atoms with Crippen molar-refractivity contribution < 1.29 is 43.2 Å². The van der Waals surface area contributed by atoms with Crippen LogP contribution in [0.3, 0.4) is 0 Å². The van der Waals surface area contributed by atoms with Gasteiger partial charge in [0.15, 0.2) is 17.3 Å². The predicted molar refractivity (Wildman–Crippen MR) is 203 cm³/mol. The maximum Gasteiger partial charge on any atom is 0.360 e. The Bertz CT molecular complexity index is 1750. The largest absolute Gasteiger partial charge is 0.457 e. The summed E-state index contributed by atoms with van der Waals surface area (Å²) in [6, 6.07) is 0. The lowest BCUT2D eigenvalue weighted by molar-refractivity contribution is -0.0461. The van der Waals surface area contributed by atoms with Crippen molar-refractivity contribution in [1.82, 2.24) is 9.97 Å². The Morgan fingerprint density at radius 3 is 1.72 bits per heavy atom. The summed E-state index contributed by atoms with van der Waals surface area (Å²) < 4.78 is 22.6. The van der Waals surface area contributed by atoms with Gasteiger partial charge in [-0.15, -0.1) is 0 Å². The highest BCUT2D eigenvalue weighted by Gasteiger charge is 2.39. The van der Waals surface area contributed by atoms with Gasteiger partial charge in [-0.1, -0.05) is 131 Å². The lowest BCUT2D eigenvalue weighted by Gasteiger charge is -2.36. The van der Waals surface area contributed by atoms with Crippen molar-refractivity contribution in [3.8, 4) is 0 Å². The van der Waals surface area contributed by atoms with Crippen molar-refractivity contribution in [3.63, 3.8) is 0 Å². The fourth-order valence-corrected chi connectivity index (χ4v) is 5.11. The van der Waals surface area contributed by atoms with Crippen LogP contribution in [-0.4, -0.2) is 67.7 Å². The van der Waals surface area contributed by atoms with Crippen molar-refractivity contribution in [1.29, 1.82) is 0 Å². The maximum absolute atomic E-state index is 13.2. The maximum atomic E-state index is 13.2. The van der Waals surface area contributed by atoms with Gasteiger partial charge in [-0.3, -0.25) is 0 Å². The number of rotatable bonds is 6. The molecule has 1 aliphatic rings. The van der Waals surface area contributed by atoms with Crippen LogP contribution in [0.15, 0.2) is 125 Å². The van der Waals surface area contributed by atoms with Crippen molar-refractivity contribution in [3.05, 3.63) is 139 Å². The molecule has 1 aliphatic heterocycles. The van der Waals surface area contributed by atoms with Crippen molar-refractivity contribution in [2.24, 2.45) is 10.8 Å². The molecule has 5 atom stereocenters. The van der Waals surface area contributed by atoms with E-state index in [0.717, 1.165) is 0 Å². The summed E-state index contributed by atoms with van der Waals surface area (Å²) in [5.74, 6) is -1.03. The van der Waals surface area contributed by atoms with Gasteiger partial charge >= 0.3 is 11.9 Å². The number of carbonyl (C=O) groups is 2. The molecule has 0 saturated carbocycles. The van der Waals surface area contributed by atoms with Crippen LogP contribution in [0.1, 0.15) is 87.1 Å². The first kappa shape index (κ1) is 42.3. The van der Waals surface area contributed by atoms with Crippen LogP contribution >= 0.6 is 0 Å². The van der Waals surface area contributed by atoms with Crippen LogP contribution in [0.25, 0.3) is 6.08 Å². The number of hydrogen-bond donors (Lipinski definition) is 3. The number of nitrogens with zero attached hydrogens (tertiary/aromatic N) is 2. The summed E-state index contributed by atoms with van der Waals surface area (Å²) in [4.78, 5) is 34.7. The van der Waals surface area contributed by atoms with E-state index >= 15 is 0 Å². The molecule has 3 rings (SSSR count). The van der Waals surface area contributed by atoms with Crippen LogP contribution in [-0.2, 0) is 15.9 Å². The predicted octanol–water partition coefficient (Wildman–Crippen LogP) is 7.39. The van der Waals surface area contributed by atoms with E-state index in [4.69, 9.17) is 18.3 Å². The Morgan fingerprint density at radius 2 is 1.17 bits per heavy atom. The molecule has 53 heavy (non-hydrogen) atoms. The molecular formula is C42H52N2O9. The van der Waals surface area contributed by atoms with E-state index in [0.29, 0.717) is 12.8 Å². The highest BCUT2D eigenvalue weighted by atomic mass is 16.6. The van der Waals surface area contributed by atoms with Gasteiger partial charge in [0.25, 0.3) is 0 Å². The third kappa shape index (κ3) is 13.1. The Balaban J connectivity index is 1.88. The molecule has 0 radical (unpaired) electrons. The van der Waals surface area contributed by atoms with E-state index in [1.165, 1.54) is 12.5 Å². The number of ether oxygens (including phenoxy) is 2. The molecule has 11 nitrogen and oxygen atoms in total. The standard InChI is InChI=1S/C42H52N2O9/c1-7-21-33(46)41(3,4)35-25-19-15-12-13-17-23-30(45)27-38-44-32(29-51-38)40(49)53-36(42(5,6)34(47)22-8-2)24-18-14-10-9-11-16-20-26-37-43-31(28-50-37)39(48)52-35/h7-23,26,28-30,33-36,45-47H,24-25,27H2,1-6H3/b10-9-,13-12-,16-11-,18-14-,19-15-,21-7+,22-8+,23-17-,26-20-. The van der Waals surface area contributed by atoms with E-state index < -0.39 is 53.3 Å². The van der Waals surface area contributed by atoms with Gasteiger partial charge in [-0.05, 0) is 13.8 Å². The van der Waals surface area contributed by atoms with Gasteiger partial charge in [0.2, 0.25) is 5.89 Å². The smallest absolute Gasteiger partial charge is 0.360 e. The zero-order valence-electron chi connectivity index (χ0n) is 31.2. The second kappa shape index (κ2) is 20.8. The molecule has 284 valence electrons. The van der Waals surface area contributed by atoms with Gasteiger partial charge in [-0.25, -0.2) is 19.6 Å². The molecule has 2 aromatic heterocycles. The second-order valence-electron chi connectivity index (χ2n) is 13.6. The Labute approximate surface area is 311 Å². The van der Waals surface area contributed by atoms with Crippen molar-refractivity contribution in [2.75, 3.05) is 0 Å². The van der Waals surface area contributed by atoms with Crippen LogP contribution in [0.2, 0.25) is 0 Å². The first-order chi connectivity index (χ1) is 25.3. The number of aromatic nitrogens is 2. The number of carbonyl (C=O) groups excluding carboxylic acids is 2. The minimum Gasteiger partial charge on any atom is -0.457 e. The molecule has 0 saturated heterocycles. The fraction of sp³-hybridized carbons (Fsp3) is 0.381. The van der Waals surface area contributed by atoms with E-state index in [-0.39, 0.29) is 29.6 Å². The lowest BCUT2D eigenvalue weighted by Crippen LogP contribution is -2.42. The summed E-state index contributed by atoms with van der Waals surface area (Å²) in [5, 5.41) is 32.2. The molecule has 3 N–H and O–H groups in total. The second-order valence-corrected chi connectivity index (χ2v) is 13.6. The summed E-state index contributed by atoms with van der Waals surface area (Å²) in [5.41, 5.74) is -1.74. The van der Waals surface area contributed by atoms with Gasteiger partial charge in [0.1, 0.15) is 24.7 Å². The first-order valence-electron chi connectivity index (χ1n) is 17.6. The minimum atomic E-state index is -0.951. The molecule has 4 bridgehead atoms. The highest BCUT2D eigenvalue weighted by molar-refractivity contribution is 5.87. The average molecular weight is 729 g/mol. The molecule has 5 unspecified atom stereocenters. The lowest BCUT2D eigenvalue weighted by atomic mass is 9.79. The van der Waals surface area contributed by atoms with Crippen molar-refractivity contribution >= 4 is 18.0 Å². The number of allylic oxidation sites excluding steroid dienone is 12. The molecule has 11 heteroatoms. The average Bonchev–Trinajstić information content (AvgIpc) is 3.79. The molecule has 0 aromatic carbocycles. The first-order valence-corrected chi connectivity index (χ1v) is 17.6. The zero-order chi connectivity index (χ0) is 38.9. The number of fused-ring (bicyclic) bond motifs is 4. The highest BCUT2D eigenvalue weighted by Crippen LogP contribution is 2.33. The number of aliphatic hydroxyl groups excluding tert-OH is 3. The SMILES string of the molecule is C/C=C/C(O)C(C)(C)C1C\C=C/C=C\C=C/C(O)Cc2nc(co2)C(=O)OC(C(C)(C)C(O)/C=C/C)C\C=C/C=C\C=C/C=C\c2nc(co2)C(=O)O1. The summed E-state index contributed by atoms with van der Waals surface area (Å²) >= 11 is 0. The molecule has 2 aromatic rings. The molecule has 3 heterocycles. The minimum absolute atomic E-state index is 0.00131. The van der Waals surface area contributed by atoms with Gasteiger partial charge in [0.05, 0.1) is 24.7 Å². The van der Waals surface area contributed by atoms with Gasteiger partial charge < -0.3 is 33.6 Å². The van der Waals surface area contributed by atoms with E-state index in [1.807, 2.05) is 39.8 Å². The molecule has 0 amide bonds. The topological polar surface area (TPSA) is 165 Å². The molecular weight excluding hydrogens is 676 g/mol. The Morgan fingerprint density at radius 1 is 0.698 bits per heavy atom. The number of oxazole rings is 2. The third-order valence-electron chi connectivity index (χ3n) is 8.74. The van der Waals surface area contributed by atoms with Crippen LogP contribution in [0, 0.1) is 10.8 Å². The number of hydrogen-bond acceptors (Lipinski definition) is 11. The zero-order valence-corrected chi connectivity index (χ0v) is 31.2. The third-order valence-corrected chi connectivity index (χ3v) is 8.74.